The van der Waals surface area contributed by atoms with E-state index in [0.29, 0.717) is 0 Å². The zero-order chi connectivity index (χ0) is 26.3. The van der Waals surface area contributed by atoms with E-state index in [1.807, 2.05) is 5.38 Å². The number of phosphoric ester groups is 1. The summed E-state index contributed by atoms with van der Waals surface area (Å²) in [6, 6.07) is 1.29. The van der Waals surface area contributed by atoms with Crippen LogP contribution in [0.15, 0.2) is 10.9 Å². The monoisotopic (exact) mass is 568 g/mol. The molecule has 192 valence electrons. The van der Waals surface area contributed by atoms with Crippen molar-refractivity contribution in [3.8, 4) is 11.3 Å². The zero-order valence-electron chi connectivity index (χ0n) is 17.2. The number of anilines is 1. The first-order valence-electron chi connectivity index (χ1n) is 8.75. The molecule has 9 N–H and O–H groups in total. The molecule has 7 atom stereocenters. The normalized spacial score (nSPS) is 29.5. The highest BCUT2D eigenvalue weighted by molar-refractivity contribution is 7.66. The van der Waals surface area contributed by atoms with E-state index in [1.165, 1.54) is 13.0 Å². The lowest BCUT2D eigenvalue weighted by molar-refractivity contribution is -0.0760. The predicted molar refractivity (Wildman–Crippen MR) is 113 cm³/mol. The van der Waals surface area contributed by atoms with E-state index in [9.17, 15) is 33.4 Å². The van der Waals surface area contributed by atoms with Gasteiger partial charge in [-0.2, -0.15) is 13.6 Å². The van der Waals surface area contributed by atoms with Crippen molar-refractivity contribution in [3.05, 3.63) is 22.2 Å². The van der Waals surface area contributed by atoms with Crippen LogP contribution in [-0.4, -0.2) is 58.1 Å². The standard InChI is InChI=1S/C13H20ClN4O13P3/c1-6-5-8(15)17-12(20)18(6)11-13(16,3-4-14)10(19)9(28-11)7(2)29-33(24,25)31-34(26,27)30-32(21,22)23/h5,7,9-11,19H,16H2,1-2H3,(H,24,25)(H,26,27)(H2,15,17,20)(H2,21,22,23)/t7-,9-,10+,11-,13?/m1/s1. The molecule has 1 aromatic heterocycles. The summed E-state index contributed by atoms with van der Waals surface area (Å²) in [5.74, 6) is 2.17. The number of phosphoric acid groups is 3. The lowest BCUT2D eigenvalue weighted by atomic mass is 9.90. The number of halogens is 1. The van der Waals surface area contributed by atoms with Crippen molar-refractivity contribution in [3.63, 3.8) is 0 Å². The molecule has 0 aromatic carbocycles. The van der Waals surface area contributed by atoms with Crippen LogP contribution in [0.25, 0.3) is 0 Å². The number of aliphatic hydroxyl groups excluding tert-OH is 1. The van der Waals surface area contributed by atoms with E-state index in [1.54, 1.807) is 0 Å². The quantitative estimate of drug-likeness (QED) is 0.146. The van der Waals surface area contributed by atoms with Gasteiger partial charge in [0, 0.05) is 11.1 Å². The van der Waals surface area contributed by atoms with Crippen molar-refractivity contribution in [2.45, 2.75) is 43.9 Å². The van der Waals surface area contributed by atoms with Crippen molar-refractivity contribution in [1.82, 2.24) is 9.55 Å². The Balaban J connectivity index is 2.37. The Labute approximate surface area is 196 Å². The summed E-state index contributed by atoms with van der Waals surface area (Å²) in [5, 5.41) is 12.7. The smallest absolute Gasteiger partial charge is 0.387 e. The molecule has 0 bridgehead atoms. The minimum Gasteiger partial charge on any atom is -0.387 e. The van der Waals surface area contributed by atoms with Crippen molar-refractivity contribution in [2.75, 3.05) is 5.73 Å². The van der Waals surface area contributed by atoms with E-state index < -0.39 is 59.2 Å². The summed E-state index contributed by atoms with van der Waals surface area (Å²) < 4.78 is 52.8. The van der Waals surface area contributed by atoms with Gasteiger partial charge in [0.1, 0.15) is 18.0 Å². The Hall–Kier alpha value is -1.18. The van der Waals surface area contributed by atoms with E-state index in [4.69, 9.17) is 37.6 Å². The fourth-order valence-corrected chi connectivity index (χ4v) is 6.46. The van der Waals surface area contributed by atoms with Crippen molar-refractivity contribution >= 4 is 40.9 Å². The highest BCUT2D eigenvalue weighted by Gasteiger charge is 2.57. The third kappa shape index (κ3) is 6.73. The average molecular weight is 569 g/mol. The Bertz CT molecular complexity index is 1210. The Morgan fingerprint density at radius 2 is 1.85 bits per heavy atom. The first kappa shape index (κ1) is 29.1. The molecule has 1 aromatic rings. The number of rotatable bonds is 8. The van der Waals surface area contributed by atoms with Crippen LogP contribution in [0, 0.1) is 18.2 Å². The van der Waals surface area contributed by atoms with Gasteiger partial charge < -0.3 is 40.9 Å². The van der Waals surface area contributed by atoms with Gasteiger partial charge in [-0.05, 0) is 31.5 Å². The second-order valence-electron chi connectivity index (χ2n) is 6.93. The molecule has 0 spiro atoms. The van der Waals surface area contributed by atoms with Crippen LogP contribution in [0.1, 0.15) is 18.8 Å². The van der Waals surface area contributed by atoms with Gasteiger partial charge in [-0.15, -0.1) is 0 Å². The summed E-state index contributed by atoms with van der Waals surface area (Å²) in [6.45, 7) is 2.48. The van der Waals surface area contributed by atoms with Crippen LogP contribution >= 0.6 is 35.1 Å². The molecular formula is C13H20ClN4O13P3. The van der Waals surface area contributed by atoms with Crippen molar-refractivity contribution in [1.29, 1.82) is 0 Å². The largest absolute Gasteiger partial charge is 0.490 e. The van der Waals surface area contributed by atoms with Gasteiger partial charge in [-0.1, -0.05) is 5.92 Å². The molecule has 0 amide bonds. The molecule has 21 heteroatoms. The lowest BCUT2D eigenvalue weighted by Crippen LogP contribution is -2.55. The maximum Gasteiger partial charge on any atom is 0.490 e. The van der Waals surface area contributed by atoms with Gasteiger partial charge in [-0.25, -0.2) is 18.5 Å². The number of aliphatic hydroxyl groups is 1. The van der Waals surface area contributed by atoms with Gasteiger partial charge >= 0.3 is 29.2 Å². The molecule has 0 saturated carbocycles. The van der Waals surface area contributed by atoms with Crippen LogP contribution in [0.2, 0.25) is 0 Å². The van der Waals surface area contributed by atoms with Gasteiger partial charge in [0.15, 0.2) is 11.8 Å². The van der Waals surface area contributed by atoms with Crippen LogP contribution in [-0.2, 0) is 31.6 Å². The van der Waals surface area contributed by atoms with E-state index in [-0.39, 0.29) is 11.5 Å². The molecule has 2 heterocycles. The Morgan fingerprint density at radius 1 is 1.26 bits per heavy atom. The van der Waals surface area contributed by atoms with Crippen LogP contribution in [0.4, 0.5) is 5.82 Å². The van der Waals surface area contributed by atoms with Gasteiger partial charge in [0.25, 0.3) is 0 Å². The summed E-state index contributed by atoms with van der Waals surface area (Å²) in [4.78, 5) is 52.1. The number of aryl methyl sites for hydroxylation is 1. The van der Waals surface area contributed by atoms with E-state index in [2.05, 4.69) is 24.0 Å². The molecule has 1 saturated heterocycles. The predicted octanol–water partition coefficient (Wildman–Crippen LogP) is -0.979. The minimum absolute atomic E-state index is 0.124. The summed E-state index contributed by atoms with van der Waals surface area (Å²) in [6.07, 6.45) is -6.74. The number of aromatic nitrogens is 2. The molecule has 1 fully saturated rings. The molecule has 2 rings (SSSR count). The van der Waals surface area contributed by atoms with Crippen LogP contribution in [0.5, 0.6) is 0 Å². The third-order valence-corrected chi connectivity index (χ3v) is 8.36. The SMILES string of the molecule is Cc1cc(N)nc(=O)n1[C@@H]1O[C@H]([C@@H](C)OP(=O)(O)OP(=O)(O)OP(=O)(O)O)[C@H](O)C1(N)C#CCl. The van der Waals surface area contributed by atoms with E-state index in [0.717, 1.165) is 11.5 Å². The second-order valence-corrected chi connectivity index (χ2v) is 11.5. The van der Waals surface area contributed by atoms with Crippen LogP contribution < -0.4 is 17.2 Å². The number of hydrogen-bond acceptors (Lipinski definition) is 12. The van der Waals surface area contributed by atoms with Crippen molar-refractivity contribution in [2.24, 2.45) is 5.73 Å². The van der Waals surface area contributed by atoms with Gasteiger partial charge in [-0.3, -0.25) is 9.09 Å². The first-order valence-corrected chi connectivity index (χ1v) is 13.6. The Morgan fingerprint density at radius 3 is 2.35 bits per heavy atom. The molecule has 34 heavy (non-hydrogen) atoms. The third-order valence-electron chi connectivity index (χ3n) is 4.34. The summed E-state index contributed by atoms with van der Waals surface area (Å²) in [7, 11) is -17.0. The van der Waals surface area contributed by atoms with E-state index >= 15 is 0 Å². The lowest BCUT2D eigenvalue weighted by Gasteiger charge is -2.29. The number of nitrogen functional groups attached to an aromatic ring is 1. The number of nitrogens with zero attached hydrogens (tertiary/aromatic N) is 2. The average Bonchev–Trinajstić information content (AvgIpc) is 2.83. The molecule has 3 unspecified atom stereocenters. The highest BCUT2D eigenvalue weighted by atomic mass is 35.5. The molecule has 1 aliphatic rings. The highest BCUT2D eigenvalue weighted by Crippen LogP contribution is 2.66. The first-order chi connectivity index (χ1) is 15.3. The van der Waals surface area contributed by atoms with Crippen molar-refractivity contribution < 1.29 is 56.3 Å². The summed E-state index contributed by atoms with van der Waals surface area (Å²) in [5.41, 5.74) is 8.83. The van der Waals surface area contributed by atoms with Crippen LogP contribution in [0.3, 0.4) is 0 Å². The molecule has 17 nitrogen and oxygen atoms in total. The minimum atomic E-state index is -5.79. The van der Waals surface area contributed by atoms with Gasteiger partial charge in [0.2, 0.25) is 0 Å². The molecular weight excluding hydrogens is 549 g/mol. The topological polar surface area (TPSA) is 276 Å². The number of hydrogen-bond donors (Lipinski definition) is 7. The maximum atomic E-state index is 12.4. The fraction of sp³-hybridized carbons (Fsp3) is 0.538. The fourth-order valence-electron chi connectivity index (χ4n) is 3.10. The Kier molecular flexibility index (Phi) is 8.59. The molecule has 0 radical (unpaired) electrons. The molecule has 0 aliphatic carbocycles. The number of ether oxygens (including phenoxy) is 1. The zero-order valence-corrected chi connectivity index (χ0v) is 20.6. The second kappa shape index (κ2) is 10.1. The molecule has 1 aliphatic heterocycles. The van der Waals surface area contributed by atoms with Gasteiger partial charge in [0.05, 0.1) is 6.10 Å². The maximum absolute atomic E-state index is 12.4. The summed E-state index contributed by atoms with van der Waals surface area (Å²) >= 11 is 5.45. The number of nitrogens with two attached hydrogens (primary N) is 2.